The molecule has 2 fully saturated rings. The van der Waals surface area contributed by atoms with Gasteiger partial charge in [0, 0.05) is 19.1 Å². The normalized spacial score (nSPS) is 23.2. The number of nitrogens with one attached hydrogen (secondary N) is 1. The number of carbonyl (C=O) groups excluding carboxylic acids is 1. The first-order valence-corrected chi connectivity index (χ1v) is 8.45. The lowest BCUT2D eigenvalue weighted by molar-refractivity contribution is -0.149. The molecule has 1 saturated heterocycles. The SMILES string of the molecule is CCS(=O)(=O)N1CCC(NC(=O)C2(C(=O)O)CC2)CC1. The van der Waals surface area contributed by atoms with Crippen molar-refractivity contribution in [3.63, 3.8) is 0 Å². The van der Waals surface area contributed by atoms with Gasteiger partial charge in [0.2, 0.25) is 15.9 Å². The Labute approximate surface area is 118 Å². The Balaban J connectivity index is 1.87. The van der Waals surface area contributed by atoms with Gasteiger partial charge in [0.1, 0.15) is 5.41 Å². The van der Waals surface area contributed by atoms with Crippen molar-refractivity contribution < 1.29 is 23.1 Å². The Morgan fingerprint density at radius 2 is 1.85 bits per heavy atom. The quantitative estimate of drug-likeness (QED) is 0.684. The number of hydrogen-bond acceptors (Lipinski definition) is 4. The Bertz CT molecular complexity index is 504. The van der Waals surface area contributed by atoms with Gasteiger partial charge in [-0.1, -0.05) is 0 Å². The van der Waals surface area contributed by atoms with E-state index in [2.05, 4.69) is 5.32 Å². The van der Waals surface area contributed by atoms with E-state index in [0.717, 1.165) is 0 Å². The van der Waals surface area contributed by atoms with Gasteiger partial charge in [0.25, 0.3) is 0 Å². The van der Waals surface area contributed by atoms with Gasteiger partial charge in [-0.3, -0.25) is 9.59 Å². The van der Waals surface area contributed by atoms with E-state index in [-0.39, 0.29) is 11.8 Å². The molecule has 0 aromatic carbocycles. The fraction of sp³-hybridized carbons (Fsp3) is 0.833. The zero-order valence-corrected chi connectivity index (χ0v) is 12.3. The van der Waals surface area contributed by atoms with Crippen LogP contribution in [-0.4, -0.2) is 54.6 Å². The van der Waals surface area contributed by atoms with Crippen LogP contribution in [0, 0.1) is 5.41 Å². The molecule has 1 heterocycles. The van der Waals surface area contributed by atoms with E-state index in [4.69, 9.17) is 5.11 Å². The average molecular weight is 304 g/mol. The first kappa shape index (κ1) is 15.2. The standard InChI is InChI=1S/C12H20N2O5S/c1-2-20(18,19)14-7-3-9(4-8-14)13-10(15)12(5-6-12)11(16)17/h9H,2-8H2,1H3,(H,13,15)(H,16,17). The minimum absolute atomic E-state index is 0.0755. The lowest BCUT2D eigenvalue weighted by atomic mass is 10.0. The summed E-state index contributed by atoms with van der Waals surface area (Å²) in [4.78, 5) is 23.0. The van der Waals surface area contributed by atoms with Crippen molar-refractivity contribution in [2.45, 2.75) is 38.6 Å². The Morgan fingerprint density at radius 3 is 2.25 bits per heavy atom. The summed E-state index contributed by atoms with van der Waals surface area (Å²) in [7, 11) is -3.18. The monoisotopic (exact) mass is 304 g/mol. The van der Waals surface area contributed by atoms with Crippen molar-refractivity contribution in [1.29, 1.82) is 0 Å². The van der Waals surface area contributed by atoms with Crippen LogP contribution in [0.2, 0.25) is 0 Å². The van der Waals surface area contributed by atoms with Gasteiger partial charge in [0.05, 0.1) is 5.75 Å². The van der Waals surface area contributed by atoms with Gasteiger partial charge in [-0.15, -0.1) is 0 Å². The van der Waals surface area contributed by atoms with Crippen LogP contribution in [0.3, 0.4) is 0 Å². The third kappa shape index (κ3) is 2.80. The molecular weight excluding hydrogens is 284 g/mol. The number of sulfonamides is 1. The molecule has 0 atom stereocenters. The molecule has 2 rings (SSSR count). The predicted molar refractivity (Wildman–Crippen MR) is 71.5 cm³/mol. The molecule has 20 heavy (non-hydrogen) atoms. The van der Waals surface area contributed by atoms with Gasteiger partial charge in [-0.25, -0.2) is 12.7 Å². The van der Waals surface area contributed by atoms with Gasteiger partial charge < -0.3 is 10.4 Å². The number of rotatable bonds is 5. The highest BCUT2D eigenvalue weighted by Crippen LogP contribution is 2.46. The maximum Gasteiger partial charge on any atom is 0.319 e. The molecule has 0 spiro atoms. The molecule has 0 radical (unpaired) electrons. The number of piperidine rings is 1. The summed E-state index contributed by atoms with van der Waals surface area (Å²) in [6, 6.07) is -0.136. The van der Waals surface area contributed by atoms with Crippen molar-refractivity contribution in [2.24, 2.45) is 5.41 Å². The summed E-state index contributed by atoms with van der Waals surface area (Å²) in [5.41, 5.74) is -1.23. The summed E-state index contributed by atoms with van der Waals surface area (Å²) in [5, 5.41) is 11.8. The van der Waals surface area contributed by atoms with Gasteiger partial charge in [0.15, 0.2) is 0 Å². The topological polar surface area (TPSA) is 104 Å². The fourth-order valence-electron chi connectivity index (χ4n) is 2.45. The first-order valence-electron chi connectivity index (χ1n) is 6.84. The second-order valence-corrected chi connectivity index (χ2v) is 7.69. The third-order valence-corrected chi connectivity index (χ3v) is 6.02. The van der Waals surface area contributed by atoms with E-state index in [9.17, 15) is 18.0 Å². The second kappa shape index (κ2) is 5.33. The highest BCUT2D eigenvalue weighted by molar-refractivity contribution is 7.89. The summed E-state index contributed by atoms with van der Waals surface area (Å²) in [5.74, 6) is -1.42. The molecule has 1 aliphatic carbocycles. The predicted octanol–water partition coefficient (Wildman–Crippen LogP) is -0.218. The van der Waals surface area contributed by atoms with Crippen molar-refractivity contribution in [2.75, 3.05) is 18.8 Å². The van der Waals surface area contributed by atoms with Crippen molar-refractivity contribution >= 4 is 21.9 Å². The molecule has 2 aliphatic rings. The summed E-state index contributed by atoms with van der Waals surface area (Å²) in [6.45, 7) is 2.36. The van der Waals surface area contributed by atoms with E-state index in [1.165, 1.54) is 4.31 Å². The number of nitrogens with zero attached hydrogens (tertiary/aromatic N) is 1. The number of aliphatic carboxylic acids is 1. The summed E-state index contributed by atoms with van der Waals surface area (Å²) < 4.78 is 24.8. The van der Waals surface area contributed by atoms with E-state index in [1.54, 1.807) is 6.92 Å². The Hall–Kier alpha value is -1.15. The molecule has 1 amide bonds. The lowest BCUT2D eigenvalue weighted by Crippen LogP contribution is -2.49. The molecule has 1 aliphatic heterocycles. The molecule has 1 saturated carbocycles. The number of carboxylic acids is 1. The fourth-order valence-corrected chi connectivity index (χ4v) is 3.58. The number of carboxylic acid groups (broad SMARTS) is 1. The lowest BCUT2D eigenvalue weighted by Gasteiger charge is -2.31. The van der Waals surface area contributed by atoms with Crippen molar-refractivity contribution in [3.8, 4) is 0 Å². The van der Waals surface area contributed by atoms with Crippen LogP contribution in [0.1, 0.15) is 32.6 Å². The zero-order valence-electron chi connectivity index (χ0n) is 11.5. The van der Waals surface area contributed by atoms with Crippen LogP contribution in [0.4, 0.5) is 0 Å². The van der Waals surface area contributed by atoms with Crippen LogP contribution in [0.5, 0.6) is 0 Å². The molecule has 0 aromatic rings. The Morgan fingerprint density at radius 1 is 1.30 bits per heavy atom. The van der Waals surface area contributed by atoms with E-state index in [1.807, 2.05) is 0 Å². The molecule has 0 bridgehead atoms. The zero-order chi connectivity index (χ0) is 15.0. The molecule has 8 heteroatoms. The summed E-state index contributed by atoms with van der Waals surface area (Å²) >= 11 is 0. The molecule has 0 aromatic heterocycles. The maximum atomic E-state index is 11.9. The van der Waals surface area contributed by atoms with Crippen LogP contribution in [0.15, 0.2) is 0 Å². The average Bonchev–Trinajstić information content (AvgIpc) is 3.21. The van der Waals surface area contributed by atoms with Crippen LogP contribution in [0.25, 0.3) is 0 Å². The van der Waals surface area contributed by atoms with Crippen LogP contribution in [-0.2, 0) is 19.6 Å². The van der Waals surface area contributed by atoms with Crippen molar-refractivity contribution in [1.82, 2.24) is 9.62 Å². The maximum absolute atomic E-state index is 11.9. The molecule has 114 valence electrons. The van der Waals surface area contributed by atoms with E-state index in [0.29, 0.717) is 38.8 Å². The van der Waals surface area contributed by atoms with Gasteiger partial charge in [-0.2, -0.15) is 0 Å². The molecule has 0 unspecified atom stereocenters. The number of carbonyl (C=O) groups is 2. The molecule has 7 nitrogen and oxygen atoms in total. The van der Waals surface area contributed by atoms with Crippen molar-refractivity contribution in [3.05, 3.63) is 0 Å². The number of hydrogen-bond donors (Lipinski definition) is 2. The smallest absolute Gasteiger partial charge is 0.319 e. The highest BCUT2D eigenvalue weighted by atomic mass is 32.2. The molecule has 2 N–H and O–H groups in total. The third-order valence-electron chi connectivity index (χ3n) is 4.14. The number of amides is 1. The first-order chi connectivity index (χ1) is 9.32. The second-order valence-electron chi connectivity index (χ2n) is 5.43. The van der Waals surface area contributed by atoms with E-state index >= 15 is 0 Å². The Kier molecular flexibility index (Phi) is 4.06. The van der Waals surface area contributed by atoms with Gasteiger partial charge in [-0.05, 0) is 32.6 Å². The van der Waals surface area contributed by atoms with Crippen LogP contribution < -0.4 is 5.32 Å². The van der Waals surface area contributed by atoms with E-state index < -0.39 is 27.3 Å². The van der Waals surface area contributed by atoms with Crippen LogP contribution >= 0.6 is 0 Å². The highest BCUT2D eigenvalue weighted by Gasteiger charge is 2.57. The summed E-state index contributed by atoms with van der Waals surface area (Å²) in [6.07, 6.45) is 1.83. The largest absolute Gasteiger partial charge is 0.480 e. The molecular formula is C12H20N2O5S. The van der Waals surface area contributed by atoms with Gasteiger partial charge >= 0.3 is 5.97 Å². The minimum atomic E-state index is -3.18. The minimum Gasteiger partial charge on any atom is -0.480 e.